The Balaban J connectivity index is 1.53. The van der Waals surface area contributed by atoms with Gasteiger partial charge in [0.25, 0.3) is 0 Å². The van der Waals surface area contributed by atoms with Crippen LogP contribution in [0.15, 0.2) is 54.6 Å². The number of carbonyl (C=O) groups excluding carboxylic acids is 1. The fourth-order valence-corrected chi connectivity index (χ4v) is 4.44. The van der Waals surface area contributed by atoms with Gasteiger partial charge in [0.15, 0.2) is 0 Å². The number of hydrogen-bond donors (Lipinski definition) is 0. The second-order valence-electron chi connectivity index (χ2n) is 6.32. The van der Waals surface area contributed by atoms with E-state index in [0.717, 1.165) is 41.2 Å². The van der Waals surface area contributed by atoms with E-state index in [9.17, 15) is 4.79 Å². The monoisotopic (exact) mass is 364 g/mol. The number of carbonyl (C=O) groups is 1. The molecule has 1 aromatic heterocycles. The predicted octanol–water partition coefficient (Wildman–Crippen LogP) is 4.68. The van der Waals surface area contributed by atoms with Gasteiger partial charge >= 0.3 is 0 Å². The summed E-state index contributed by atoms with van der Waals surface area (Å²) in [4.78, 5) is 19.4. The molecule has 1 atom stereocenters. The first-order valence-electron chi connectivity index (χ1n) is 8.73. The molecule has 0 N–H and O–H groups in total. The number of para-hydroxylation sites is 1. The summed E-state index contributed by atoms with van der Waals surface area (Å²) in [6.45, 7) is 0.780. The maximum atomic E-state index is 12.8. The zero-order chi connectivity index (χ0) is 17.9. The minimum Gasteiger partial charge on any atom is -0.497 e. The first kappa shape index (κ1) is 16.8. The summed E-state index contributed by atoms with van der Waals surface area (Å²) in [6.07, 6.45) is 5.48. The number of nitrogens with zero attached hydrogens (tertiary/aromatic N) is 2. The number of fused-ring (bicyclic) bond motifs is 1. The summed E-state index contributed by atoms with van der Waals surface area (Å²) >= 11 is 1.69. The molecule has 1 saturated heterocycles. The predicted molar refractivity (Wildman–Crippen MR) is 105 cm³/mol. The van der Waals surface area contributed by atoms with Gasteiger partial charge in [0.1, 0.15) is 10.8 Å². The van der Waals surface area contributed by atoms with Crippen LogP contribution < -0.4 is 4.74 Å². The van der Waals surface area contributed by atoms with Crippen molar-refractivity contribution in [3.05, 3.63) is 65.2 Å². The van der Waals surface area contributed by atoms with E-state index in [-0.39, 0.29) is 11.9 Å². The number of hydrogen-bond acceptors (Lipinski definition) is 4. The van der Waals surface area contributed by atoms with Crippen molar-refractivity contribution in [2.24, 2.45) is 0 Å². The highest BCUT2D eigenvalue weighted by molar-refractivity contribution is 7.18. The van der Waals surface area contributed by atoms with Crippen molar-refractivity contribution in [2.75, 3.05) is 13.7 Å². The maximum Gasteiger partial charge on any atom is 0.247 e. The standard InChI is InChI=1S/C21H20N2O2S/c1-25-16-7-4-6-15(14-16)11-12-20(24)23-13-5-9-18(23)21-22-17-8-2-3-10-19(17)26-21/h2-4,6-8,10-12,14,18H,5,9,13H2,1H3/b12-11-/t18-/m0/s1. The fraction of sp³-hybridized carbons (Fsp3) is 0.238. The Morgan fingerprint density at radius 2 is 2.15 bits per heavy atom. The molecule has 3 aromatic rings. The van der Waals surface area contributed by atoms with Gasteiger partial charge in [-0.1, -0.05) is 24.3 Å². The van der Waals surface area contributed by atoms with E-state index in [2.05, 4.69) is 6.07 Å². The van der Waals surface area contributed by atoms with Crippen molar-refractivity contribution >= 4 is 33.5 Å². The molecule has 0 bridgehead atoms. The Bertz CT molecular complexity index is 930. The molecule has 1 aliphatic heterocycles. The highest BCUT2D eigenvalue weighted by Gasteiger charge is 2.31. The van der Waals surface area contributed by atoms with Crippen LogP contribution in [0, 0.1) is 0 Å². The number of amides is 1. The maximum absolute atomic E-state index is 12.8. The van der Waals surface area contributed by atoms with Crippen LogP contribution in [-0.4, -0.2) is 29.4 Å². The third kappa shape index (κ3) is 3.35. The highest BCUT2D eigenvalue weighted by Crippen LogP contribution is 2.36. The van der Waals surface area contributed by atoms with Gasteiger partial charge in [0, 0.05) is 12.6 Å². The zero-order valence-electron chi connectivity index (χ0n) is 14.6. The third-order valence-corrected chi connectivity index (χ3v) is 5.78. The van der Waals surface area contributed by atoms with Gasteiger partial charge in [-0.2, -0.15) is 0 Å². The summed E-state index contributed by atoms with van der Waals surface area (Å²) in [5, 5.41) is 1.03. The van der Waals surface area contributed by atoms with E-state index < -0.39 is 0 Å². The van der Waals surface area contributed by atoms with Crippen molar-refractivity contribution in [1.29, 1.82) is 0 Å². The second-order valence-corrected chi connectivity index (χ2v) is 7.38. The summed E-state index contributed by atoms with van der Waals surface area (Å²) in [5.74, 6) is 0.822. The molecule has 26 heavy (non-hydrogen) atoms. The molecule has 0 spiro atoms. The SMILES string of the molecule is COc1cccc(/C=C\C(=O)N2CCC[C@H]2c2nc3ccccc3s2)c1. The summed E-state index contributed by atoms with van der Waals surface area (Å²) in [6, 6.07) is 15.9. The van der Waals surface area contributed by atoms with Gasteiger partial charge < -0.3 is 9.64 Å². The number of likely N-dealkylation sites (tertiary alicyclic amines) is 1. The van der Waals surface area contributed by atoms with Crippen LogP contribution in [0.4, 0.5) is 0 Å². The molecule has 1 aliphatic rings. The largest absolute Gasteiger partial charge is 0.497 e. The van der Waals surface area contributed by atoms with E-state index in [1.807, 2.05) is 53.4 Å². The Morgan fingerprint density at radius 1 is 1.27 bits per heavy atom. The fourth-order valence-electron chi connectivity index (χ4n) is 3.33. The Kier molecular flexibility index (Phi) is 4.71. The summed E-state index contributed by atoms with van der Waals surface area (Å²) in [7, 11) is 1.64. The molecule has 0 unspecified atom stereocenters. The Labute approximate surface area is 156 Å². The topological polar surface area (TPSA) is 42.4 Å². The Morgan fingerprint density at radius 3 is 3.00 bits per heavy atom. The lowest BCUT2D eigenvalue weighted by Gasteiger charge is -2.21. The zero-order valence-corrected chi connectivity index (χ0v) is 15.4. The minimum absolute atomic E-state index is 0.0366. The first-order valence-corrected chi connectivity index (χ1v) is 9.54. The smallest absolute Gasteiger partial charge is 0.247 e. The van der Waals surface area contributed by atoms with Crippen molar-refractivity contribution < 1.29 is 9.53 Å². The van der Waals surface area contributed by atoms with Crippen molar-refractivity contribution in [3.63, 3.8) is 0 Å². The lowest BCUT2D eigenvalue weighted by molar-refractivity contribution is -0.126. The van der Waals surface area contributed by atoms with Crippen LogP contribution in [0.5, 0.6) is 5.75 Å². The molecule has 0 aliphatic carbocycles. The number of thiazole rings is 1. The molecule has 4 nitrogen and oxygen atoms in total. The summed E-state index contributed by atoms with van der Waals surface area (Å²) in [5.41, 5.74) is 1.96. The molecule has 4 rings (SSSR count). The average Bonchev–Trinajstić information content (AvgIpc) is 3.32. The molecule has 2 heterocycles. The quantitative estimate of drug-likeness (QED) is 0.631. The van der Waals surface area contributed by atoms with Crippen LogP contribution in [-0.2, 0) is 4.79 Å². The van der Waals surface area contributed by atoms with Crippen LogP contribution in [0.25, 0.3) is 16.3 Å². The van der Waals surface area contributed by atoms with E-state index in [1.54, 1.807) is 24.5 Å². The molecule has 0 saturated carbocycles. The number of aromatic nitrogens is 1. The average molecular weight is 364 g/mol. The molecule has 132 valence electrons. The number of methoxy groups -OCH3 is 1. The van der Waals surface area contributed by atoms with Gasteiger partial charge in [-0.05, 0) is 48.7 Å². The molecule has 5 heteroatoms. The van der Waals surface area contributed by atoms with Crippen LogP contribution in [0.3, 0.4) is 0 Å². The minimum atomic E-state index is 0.0366. The normalized spacial score (nSPS) is 17.3. The van der Waals surface area contributed by atoms with Gasteiger partial charge in [0.05, 0.1) is 23.4 Å². The molecule has 1 amide bonds. The second kappa shape index (κ2) is 7.30. The molecule has 0 radical (unpaired) electrons. The van der Waals surface area contributed by atoms with Crippen LogP contribution >= 0.6 is 11.3 Å². The van der Waals surface area contributed by atoms with E-state index in [1.165, 1.54) is 4.70 Å². The third-order valence-electron chi connectivity index (χ3n) is 4.64. The van der Waals surface area contributed by atoms with E-state index in [0.29, 0.717) is 0 Å². The highest BCUT2D eigenvalue weighted by atomic mass is 32.1. The van der Waals surface area contributed by atoms with Gasteiger partial charge in [0.2, 0.25) is 5.91 Å². The number of benzene rings is 2. The number of ether oxygens (including phenoxy) is 1. The lowest BCUT2D eigenvalue weighted by Crippen LogP contribution is -2.28. The molecular weight excluding hydrogens is 344 g/mol. The van der Waals surface area contributed by atoms with Crippen molar-refractivity contribution in [1.82, 2.24) is 9.88 Å². The Hall–Kier alpha value is -2.66. The number of rotatable bonds is 4. The van der Waals surface area contributed by atoms with Gasteiger partial charge in [-0.15, -0.1) is 11.3 Å². The van der Waals surface area contributed by atoms with E-state index >= 15 is 0 Å². The summed E-state index contributed by atoms with van der Waals surface area (Å²) < 4.78 is 6.40. The van der Waals surface area contributed by atoms with Crippen LogP contribution in [0.1, 0.15) is 29.5 Å². The molecule has 2 aromatic carbocycles. The molecule has 1 fully saturated rings. The van der Waals surface area contributed by atoms with Gasteiger partial charge in [-0.3, -0.25) is 4.79 Å². The molecular formula is C21H20N2O2S. The van der Waals surface area contributed by atoms with Gasteiger partial charge in [-0.25, -0.2) is 4.98 Å². The van der Waals surface area contributed by atoms with E-state index in [4.69, 9.17) is 9.72 Å². The first-order chi connectivity index (χ1) is 12.7. The van der Waals surface area contributed by atoms with Crippen molar-refractivity contribution in [2.45, 2.75) is 18.9 Å². The van der Waals surface area contributed by atoms with Crippen molar-refractivity contribution in [3.8, 4) is 5.75 Å². The lowest BCUT2D eigenvalue weighted by atomic mass is 10.2. The van der Waals surface area contributed by atoms with Crippen LogP contribution in [0.2, 0.25) is 0 Å².